The average molecular weight is 409 g/mol. The lowest BCUT2D eigenvalue weighted by atomic mass is 10.0. The first-order chi connectivity index (χ1) is 15.1. The Morgan fingerprint density at radius 2 is 1.65 bits per heavy atom. The third kappa shape index (κ3) is 4.64. The topological polar surface area (TPSA) is 80.6 Å². The first-order valence-corrected chi connectivity index (χ1v) is 9.66. The lowest BCUT2D eigenvalue weighted by molar-refractivity contribution is 0.0734. The van der Waals surface area contributed by atoms with E-state index in [2.05, 4.69) is 15.5 Å². The number of hydrazone groups is 1. The van der Waals surface area contributed by atoms with Gasteiger partial charge in [0.25, 0.3) is 5.91 Å². The summed E-state index contributed by atoms with van der Waals surface area (Å²) in [7, 11) is 0. The lowest BCUT2D eigenvalue weighted by Crippen LogP contribution is -2.17. The number of nitrogens with zero attached hydrogens (tertiary/aromatic N) is 2. The molecular formula is C25H19N3O3. The smallest absolute Gasteiger partial charge is 0.343 e. The number of aromatic nitrogens is 1. The number of esters is 1. The molecule has 0 aliphatic heterocycles. The fourth-order valence-electron chi connectivity index (χ4n) is 3.07. The molecule has 0 fully saturated rings. The van der Waals surface area contributed by atoms with Crippen LogP contribution in [0.25, 0.3) is 10.8 Å². The number of amides is 1. The number of benzene rings is 3. The highest BCUT2D eigenvalue weighted by Crippen LogP contribution is 2.27. The minimum atomic E-state index is -0.467. The van der Waals surface area contributed by atoms with Crippen LogP contribution in [0.1, 0.15) is 31.8 Å². The van der Waals surface area contributed by atoms with Gasteiger partial charge < -0.3 is 4.74 Å². The molecule has 1 heterocycles. The van der Waals surface area contributed by atoms with E-state index >= 15 is 0 Å². The normalized spacial score (nSPS) is 10.9. The molecule has 0 spiro atoms. The van der Waals surface area contributed by atoms with Gasteiger partial charge in [-0.15, -0.1) is 0 Å². The van der Waals surface area contributed by atoms with Gasteiger partial charge in [-0.2, -0.15) is 5.10 Å². The minimum Gasteiger partial charge on any atom is -0.422 e. The number of nitrogens with one attached hydrogen (secondary N) is 1. The number of rotatable bonds is 5. The number of carbonyl (C=O) groups excluding carboxylic acids is 2. The van der Waals surface area contributed by atoms with Crippen molar-refractivity contribution in [3.8, 4) is 5.75 Å². The van der Waals surface area contributed by atoms with Crippen molar-refractivity contribution in [2.75, 3.05) is 0 Å². The van der Waals surface area contributed by atoms with Crippen molar-refractivity contribution in [3.05, 3.63) is 107 Å². The number of fused-ring (bicyclic) bond motifs is 1. The Morgan fingerprint density at radius 1 is 0.903 bits per heavy atom. The van der Waals surface area contributed by atoms with Crippen LogP contribution in [-0.2, 0) is 0 Å². The highest BCUT2D eigenvalue weighted by atomic mass is 16.5. The van der Waals surface area contributed by atoms with Crippen molar-refractivity contribution in [2.45, 2.75) is 6.92 Å². The van der Waals surface area contributed by atoms with Crippen molar-refractivity contribution >= 4 is 28.9 Å². The van der Waals surface area contributed by atoms with Crippen LogP contribution in [0.3, 0.4) is 0 Å². The van der Waals surface area contributed by atoms with E-state index in [0.717, 1.165) is 16.3 Å². The van der Waals surface area contributed by atoms with E-state index < -0.39 is 5.97 Å². The Kier molecular flexibility index (Phi) is 5.80. The second-order valence-electron chi connectivity index (χ2n) is 6.89. The van der Waals surface area contributed by atoms with Crippen molar-refractivity contribution in [2.24, 2.45) is 5.10 Å². The summed E-state index contributed by atoms with van der Waals surface area (Å²) in [6.45, 7) is 1.95. The monoisotopic (exact) mass is 409 g/mol. The summed E-state index contributed by atoms with van der Waals surface area (Å²) in [6, 6.07) is 21.6. The number of carbonyl (C=O) groups is 2. The third-order valence-electron chi connectivity index (χ3n) is 4.72. The maximum absolute atomic E-state index is 12.6. The molecule has 0 aliphatic carbocycles. The summed E-state index contributed by atoms with van der Waals surface area (Å²) in [5.41, 5.74) is 5.03. The van der Waals surface area contributed by atoms with Gasteiger partial charge in [-0.05, 0) is 48.0 Å². The molecule has 0 atom stereocenters. The van der Waals surface area contributed by atoms with Crippen LogP contribution >= 0.6 is 0 Å². The van der Waals surface area contributed by atoms with Crippen molar-refractivity contribution < 1.29 is 14.3 Å². The van der Waals surface area contributed by atoms with E-state index in [9.17, 15) is 9.59 Å². The summed E-state index contributed by atoms with van der Waals surface area (Å²) in [6.07, 6.45) is 4.55. The van der Waals surface area contributed by atoms with Gasteiger partial charge in [0.05, 0.1) is 11.8 Å². The zero-order chi connectivity index (χ0) is 21.6. The second-order valence-corrected chi connectivity index (χ2v) is 6.89. The zero-order valence-corrected chi connectivity index (χ0v) is 16.8. The molecule has 4 rings (SSSR count). The third-order valence-corrected chi connectivity index (χ3v) is 4.72. The van der Waals surface area contributed by atoms with E-state index in [4.69, 9.17) is 4.74 Å². The summed E-state index contributed by atoms with van der Waals surface area (Å²) in [5, 5.41) is 5.89. The number of hydrogen-bond donors (Lipinski definition) is 1. The molecule has 0 aliphatic rings. The minimum absolute atomic E-state index is 0.353. The maximum atomic E-state index is 12.6. The van der Waals surface area contributed by atoms with Crippen LogP contribution < -0.4 is 10.2 Å². The molecule has 1 amide bonds. The zero-order valence-electron chi connectivity index (χ0n) is 16.8. The summed E-state index contributed by atoms with van der Waals surface area (Å²) >= 11 is 0. The van der Waals surface area contributed by atoms with Gasteiger partial charge in [-0.3, -0.25) is 9.78 Å². The lowest BCUT2D eigenvalue weighted by Gasteiger charge is -2.11. The molecule has 1 N–H and O–H groups in total. The fourth-order valence-corrected chi connectivity index (χ4v) is 3.07. The Hall–Kier alpha value is -4.32. The van der Waals surface area contributed by atoms with E-state index in [0.29, 0.717) is 22.4 Å². The van der Waals surface area contributed by atoms with Crippen molar-refractivity contribution in [1.82, 2.24) is 10.4 Å². The highest BCUT2D eigenvalue weighted by Gasteiger charge is 2.13. The van der Waals surface area contributed by atoms with Crippen molar-refractivity contribution in [1.29, 1.82) is 0 Å². The summed E-state index contributed by atoms with van der Waals surface area (Å²) in [5.74, 6) is -0.478. The predicted molar refractivity (Wildman–Crippen MR) is 119 cm³/mol. The molecule has 31 heavy (non-hydrogen) atoms. The van der Waals surface area contributed by atoms with E-state index in [1.165, 1.54) is 18.6 Å². The van der Waals surface area contributed by atoms with Gasteiger partial charge in [-0.1, -0.05) is 48.0 Å². The van der Waals surface area contributed by atoms with Gasteiger partial charge in [0, 0.05) is 23.5 Å². The van der Waals surface area contributed by atoms with Gasteiger partial charge in [0.15, 0.2) is 0 Å². The van der Waals surface area contributed by atoms with E-state index in [1.807, 2.05) is 49.4 Å². The second kappa shape index (κ2) is 9.00. The average Bonchev–Trinajstić information content (AvgIpc) is 2.81. The van der Waals surface area contributed by atoms with Crippen molar-refractivity contribution in [3.63, 3.8) is 0 Å². The first-order valence-electron chi connectivity index (χ1n) is 9.66. The molecular weight excluding hydrogens is 390 g/mol. The number of ether oxygens (including phenoxy) is 1. The first kappa shape index (κ1) is 20.0. The summed E-state index contributed by atoms with van der Waals surface area (Å²) in [4.78, 5) is 28.8. The Labute approximate surface area is 179 Å². The van der Waals surface area contributed by atoms with Crippen LogP contribution in [0.2, 0.25) is 0 Å². The number of hydrogen-bond acceptors (Lipinski definition) is 5. The van der Waals surface area contributed by atoms with E-state index in [-0.39, 0.29) is 5.91 Å². The number of pyridine rings is 1. The Bertz CT molecular complexity index is 1270. The standard InChI is InChI=1S/C25H19N3O3/c1-17-6-8-20(9-7-17)25(30)31-23-11-10-18-4-2-3-5-21(18)22(23)16-27-28-24(29)19-12-14-26-15-13-19/h2-16H,1H3,(H,28,29)/b27-16+. The molecule has 0 bridgehead atoms. The molecule has 152 valence electrons. The van der Waals surface area contributed by atoms with Crippen LogP contribution in [0.5, 0.6) is 5.75 Å². The van der Waals surface area contributed by atoms with Crippen LogP contribution in [0.4, 0.5) is 0 Å². The molecule has 3 aromatic carbocycles. The quantitative estimate of drug-likeness (QED) is 0.227. The molecule has 0 unspecified atom stereocenters. The largest absolute Gasteiger partial charge is 0.422 e. The van der Waals surface area contributed by atoms with Crippen LogP contribution in [0.15, 0.2) is 90.3 Å². The SMILES string of the molecule is Cc1ccc(C(=O)Oc2ccc3ccccc3c2/C=N/NC(=O)c2ccncc2)cc1. The summed E-state index contributed by atoms with van der Waals surface area (Å²) < 4.78 is 5.67. The van der Waals surface area contributed by atoms with Gasteiger partial charge in [0.2, 0.25) is 0 Å². The molecule has 0 saturated heterocycles. The molecule has 1 aromatic heterocycles. The molecule has 4 aromatic rings. The highest BCUT2D eigenvalue weighted by molar-refractivity contribution is 6.04. The van der Waals surface area contributed by atoms with Gasteiger partial charge in [-0.25, -0.2) is 10.2 Å². The Balaban J connectivity index is 1.63. The van der Waals surface area contributed by atoms with Gasteiger partial charge >= 0.3 is 5.97 Å². The molecule has 6 nitrogen and oxygen atoms in total. The van der Waals surface area contributed by atoms with Crippen LogP contribution in [0, 0.1) is 6.92 Å². The predicted octanol–water partition coefficient (Wildman–Crippen LogP) is 4.53. The number of aryl methyl sites for hydroxylation is 1. The fraction of sp³-hybridized carbons (Fsp3) is 0.0400. The molecule has 0 saturated carbocycles. The Morgan fingerprint density at radius 3 is 2.42 bits per heavy atom. The molecule has 0 radical (unpaired) electrons. The molecule has 6 heteroatoms. The van der Waals surface area contributed by atoms with Crippen LogP contribution in [-0.4, -0.2) is 23.1 Å². The van der Waals surface area contributed by atoms with Gasteiger partial charge in [0.1, 0.15) is 5.75 Å². The van der Waals surface area contributed by atoms with E-state index in [1.54, 1.807) is 30.3 Å². The maximum Gasteiger partial charge on any atom is 0.343 e.